The first-order valence-corrected chi connectivity index (χ1v) is 7.84. The van der Waals surface area contributed by atoms with Crippen molar-refractivity contribution >= 4 is 11.6 Å². The van der Waals surface area contributed by atoms with Crippen molar-refractivity contribution in [3.8, 4) is 0 Å². The van der Waals surface area contributed by atoms with Crippen molar-refractivity contribution in [2.75, 3.05) is 18.4 Å². The lowest BCUT2D eigenvalue weighted by molar-refractivity contribution is -0.116. The van der Waals surface area contributed by atoms with Gasteiger partial charge in [0.2, 0.25) is 5.91 Å². The van der Waals surface area contributed by atoms with Crippen LogP contribution in [-0.2, 0) is 4.79 Å². The van der Waals surface area contributed by atoms with Crippen molar-refractivity contribution in [3.63, 3.8) is 0 Å². The summed E-state index contributed by atoms with van der Waals surface area (Å²) in [4.78, 5) is 14.4. The molecule has 1 amide bonds. The largest absolute Gasteiger partial charge is 0.393 e. The molecule has 2 rings (SSSR count). The Morgan fingerprint density at radius 3 is 2.95 bits per heavy atom. The van der Waals surface area contributed by atoms with E-state index in [2.05, 4.69) is 10.2 Å². The van der Waals surface area contributed by atoms with Crippen molar-refractivity contribution in [1.82, 2.24) is 4.90 Å². The first-order chi connectivity index (χ1) is 10.1. The van der Waals surface area contributed by atoms with Crippen molar-refractivity contribution in [2.24, 2.45) is 0 Å². The van der Waals surface area contributed by atoms with Gasteiger partial charge in [-0.25, -0.2) is 0 Å². The molecular formula is C17H26N2O2. The molecule has 4 heteroatoms. The van der Waals surface area contributed by atoms with Crippen LogP contribution >= 0.6 is 0 Å². The maximum Gasteiger partial charge on any atom is 0.225 e. The fraction of sp³-hybridized carbons (Fsp3) is 0.588. The van der Waals surface area contributed by atoms with Crippen LogP contribution in [0.5, 0.6) is 0 Å². The number of carbonyl (C=O) groups excluding carboxylic acids is 1. The van der Waals surface area contributed by atoms with Crippen LogP contribution in [0.4, 0.5) is 5.69 Å². The Morgan fingerprint density at radius 2 is 2.24 bits per heavy atom. The van der Waals surface area contributed by atoms with E-state index < -0.39 is 0 Å². The van der Waals surface area contributed by atoms with E-state index >= 15 is 0 Å². The molecule has 1 fully saturated rings. The third-order valence-electron chi connectivity index (χ3n) is 4.16. The predicted molar refractivity (Wildman–Crippen MR) is 85.3 cm³/mol. The topological polar surface area (TPSA) is 52.6 Å². The molecule has 2 atom stereocenters. The molecule has 2 N–H and O–H groups in total. The number of amides is 1. The number of hydrogen-bond donors (Lipinski definition) is 2. The van der Waals surface area contributed by atoms with Crippen LogP contribution in [0.1, 0.15) is 38.2 Å². The maximum absolute atomic E-state index is 12.1. The predicted octanol–water partition coefficient (Wildman–Crippen LogP) is 2.56. The van der Waals surface area contributed by atoms with Crippen molar-refractivity contribution in [2.45, 2.75) is 51.7 Å². The number of anilines is 1. The normalized spacial score (nSPS) is 20.4. The molecule has 0 bridgehead atoms. The Morgan fingerprint density at radius 1 is 1.48 bits per heavy atom. The number of para-hydroxylation sites is 1. The van der Waals surface area contributed by atoms with Gasteiger partial charge in [-0.3, -0.25) is 9.69 Å². The summed E-state index contributed by atoms with van der Waals surface area (Å²) in [5.41, 5.74) is 1.98. The number of aliphatic hydroxyl groups is 1. The molecular weight excluding hydrogens is 264 g/mol. The molecule has 4 nitrogen and oxygen atoms in total. The van der Waals surface area contributed by atoms with Gasteiger partial charge in [0.15, 0.2) is 0 Å². The Labute approximate surface area is 127 Å². The molecule has 0 aromatic heterocycles. The molecule has 2 unspecified atom stereocenters. The number of nitrogens with zero attached hydrogens (tertiary/aromatic N) is 1. The number of rotatable bonds is 6. The molecule has 1 aromatic carbocycles. The minimum Gasteiger partial charge on any atom is -0.393 e. The zero-order valence-electron chi connectivity index (χ0n) is 13.0. The molecule has 0 saturated carbocycles. The number of aliphatic hydroxyl groups excluding tert-OH is 1. The average Bonchev–Trinajstić information content (AvgIpc) is 2.85. The quantitative estimate of drug-likeness (QED) is 0.846. The second kappa shape index (κ2) is 7.57. The minimum atomic E-state index is -0.267. The smallest absolute Gasteiger partial charge is 0.225 e. The van der Waals surface area contributed by atoms with Gasteiger partial charge >= 0.3 is 0 Å². The number of aryl methyl sites for hydroxylation is 1. The van der Waals surface area contributed by atoms with Gasteiger partial charge in [-0.1, -0.05) is 18.2 Å². The molecule has 0 aliphatic carbocycles. The Bertz CT molecular complexity index is 474. The minimum absolute atomic E-state index is 0.0620. The summed E-state index contributed by atoms with van der Waals surface area (Å²) in [5.74, 6) is 0.0620. The van der Waals surface area contributed by atoms with Crippen LogP contribution in [0, 0.1) is 6.92 Å². The van der Waals surface area contributed by atoms with Crippen LogP contribution < -0.4 is 5.32 Å². The van der Waals surface area contributed by atoms with E-state index in [9.17, 15) is 9.90 Å². The van der Waals surface area contributed by atoms with Gasteiger partial charge in [-0.05, 0) is 51.3 Å². The van der Waals surface area contributed by atoms with E-state index in [-0.39, 0.29) is 12.0 Å². The third kappa shape index (κ3) is 4.83. The fourth-order valence-corrected chi connectivity index (χ4v) is 3.02. The van der Waals surface area contributed by atoms with E-state index in [0.29, 0.717) is 12.5 Å². The highest BCUT2D eigenvalue weighted by atomic mass is 16.3. The Balaban J connectivity index is 1.80. The standard InChI is InChI=1S/C17H26N2O2/c1-13-6-3-4-8-16(13)18-17(21)9-11-19-10-5-7-15(19)12-14(2)20/h3-4,6,8,14-15,20H,5,7,9-12H2,1-2H3,(H,18,21). The van der Waals surface area contributed by atoms with E-state index in [1.807, 2.05) is 38.1 Å². The first-order valence-electron chi connectivity index (χ1n) is 7.84. The van der Waals surface area contributed by atoms with Crippen LogP contribution in [0.2, 0.25) is 0 Å². The second-order valence-electron chi connectivity index (χ2n) is 6.03. The molecule has 116 valence electrons. The van der Waals surface area contributed by atoms with E-state index in [1.165, 1.54) is 0 Å². The summed E-state index contributed by atoms with van der Waals surface area (Å²) in [7, 11) is 0. The fourth-order valence-electron chi connectivity index (χ4n) is 3.02. The van der Waals surface area contributed by atoms with Gasteiger partial charge in [0.05, 0.1) is 6.10 Å². The van der Waals surface area contributed by atoms with Crippen LogP contribution in [0.15, 0.2) is 24.3 Å². The maximum atomic E-state index is 12.1. The van der Waals surface area contributed by atoms with Crippen LogP contribution in [0.3, 0.4) is 0 Å². The Hall–Kier alpha value is -1.39. The summed E-state index contributed by atoms with van der Waals surface area (Å²) >= 11 is 0. The molecule has 1 saturated heterocycles. The highest BCUT2D eigenvalue weighted by Crippen LogP contribution is 2.21. The van der Waals surface area contributed by atoms with E-state index in [0.717, 1.165) is 43.6 Å². The summed E-state index contributed by atoms with van der Waals surface area (Å²) in [6.07, 6.45) is 3.34. The van der Waals surface area contributed by atoms with Crippen molar-refractivity contribution in [3.05, 3.63) is 29.8 Å². The highest BCUT2D eigenvalue weighted by molar-refractivity contribution is 5.91. The Kier molecular flexibility index (Phi) is 5.76. The molecule has 1 aromatic rings. The van der Waals surface area contributed by atoms with Gasteiger partial charge in [-0.2, -0.15) is 0 Å². The SMILES string of the molecule is Cc1ccccc1NC(=O)CCN1CCCC1CC(C)O. The van der Waals surface area contributed by atoms with E-state index in [4.69, 9.17) is 0 Å². The summed E-state index contributed by atoms with van der Waals surface area (Å²) in [5, 5.41) is 12.5. The van der Waals surface area contributed by atoms with Gasteiger partial charge in [0.25, 0.3) is 0 Å². The average molecular weight is 290 g/mol. The molecule has 0 spiro atoms. The third-order valence-corrected chi connectivity index (χ3v) is 4.16. The summed E-state index contributed by atoms with van der Waals surface area (Å²) in [6.45, 7) is 5.64. The van der Waals surface area contributed by atoms with Crippen LogP contribution in [-0.4, -0.2) is 41.1 Å². The van der Waals surface area contributed by atoms with Gasteiger partial charge in [0, 0.05) is 24.7 Å². The van der Waals surface area contributed by atoms with Crippen molar-refractivity contribution < 1.29 is 9.90 Å². The summed E-state index contributed by atoms with van der Waals surface area (Å²) < 4.78 is 0. The number of carbonyl (C=O) groups is 1. The summed E-state index contributed by atoms with van der Waals surface area (Å²) in [6, 6.07) is 8.25. The highest BCUT2D eigenvalue weighted by Gasteiger charge is 2.25. The lowest BCUT2D eigenvalue weighted by Crippen LogP contribution is -2.34. The molecule has 21 heavy (non-hydrogen) atoms. The molecule has 1 heterocycles. The lowest BCUT2D eigenvalue weighted by Gasteiger charge is -2.25. The number of hydrogen-bond acceptors (Lipinski definition) is 3. The zero-order chi connectivity index (χ0) is 15.2. The monoisotopic (exact) mass is 290 g/mol. The zero-order valence-corrected chi connectivity index (χ0v) is 13.0. The molecule has 0 radical (unpaired) electrons. The second-order valence-corrected chi connectivity index (χ2v) is 6.03. The number of likely N-dealkylation sites (tertiary alicyclic amines) is 1. The molecule has 1 aliphatic heterocycles. The van der Waals surface area contributed by atoms with Crippen molar-refractivity contribution in [1.29, 1.82) is 0 Å². The number of nitrogens with one attached hydrogen (secondary N) is 1. The van der Waals surface area contributed by atoms with E-state index in [1.54, 1.807) is 0 Å². The molecule has 1 aliphatic rings. The number of benzene rings is 1. The van der Waals surface area contributed by atoms with Gasteiger partial charge in [-0.15, -0.1) is 0 Å². The first kappa shape index (κ1) is 16.0. The van der Waals surface area contributed by atoms with Gasteiger partial charge in [0.1, 0.15) is 0 Å². The lowest BCUT2D eigenvalue weighted by atomic mass is 10.1. The van der Waals surface area contributed by atoms with Gasteiger partial charge < -0.3 is 10.4 Å². The van der Waals surface area contributed by atoms with Crippen LogP contribution in [0.25, 0.3) is 0 Å².